The highest BCUT2D eigenvalue weighted by Crippen LogP contribution is 2.30. The second-order valence-electron chi connectivity index (χ2n) is 6.59. The van der Waals surface area contributed by atoms with Crippen LogP contribution in [0.2, 0.25) is 5.02 Å². The SMILES string of the molecule is CCOC(=O)c1ccccc1NC(=O)CN(c1ccccc1Cl)S(=O)(=O)c1ccccc1. The van der Waals surface area contributed by atoms with Gasteiger partial charge >= 0.3 is 5.97 Å². The van der Waals surface area contributed by atoms with Gasteiger partial charge in [-0.3, -0.25) is 9.10 Å². The Hall–Kier alpha value is -3.36. The fourth-order valence-corrected chi connectivity index (χ4v) is 4.72. The lowest BCUT2D eigenvalue weighted by Gasteiger charge is -2.25. The van der Waals surface area contributed by atoms with Crippen LogP contribution in [0, 0.1) is 0 Å². The number of nitrogens with one attached hydrogen (secondary N) is 1. The molecule has 166 valence electrons. The summed E-state index contributed by atoms with van der Waals surface area (Å²) in [4.78, 5) is 25.1. The van der Waals surface area contributed by atoms with Crippen molar-refractivity contribution in [1.82, 2.24) is 0 Å². The molecule has 0 heterocycles. The van der Waals surface area contributed by atoms with Gasteiger partial charge in [0.2, 0.25) is 5.91 Å². The Kier molecular flexibility index (Phi) is 7.50. The van der Waals surface area contributed by atoms with Crippen LogP contribution in [0.25, 0.3) is 0 Å². The number of ether oxygens (including phenoxy) is 1. The number of rotatable bonds is 8. The van der Waals surface area contributed by atoms with Crippen molar-refractivity contribution < 1.29 is 22.7 Å². The highest BCUT2D eigenvalue weighted by molar-refractivity contribution is 7.92. The zero-order chi connectivity index (χ0) is 23.1. The number of amides is 1. The maximum Gasteiger partial charge on any atom is 0.340 e. The van der Waals surface area contributed by atoms with E-state index in [-0.39, 0.29) is 33.5 Å². The number of carbonyl (C=O) groups excluding carboxylic acids is 2. The van der Waals surface area contributed by atoms with Crippen LogP contribution in [0.15, 0.2) is 83.8 Å². The second kappa shape index (κ2) is 10.3. The Labute approximate surface area is 191 Å². The molecule has 1 N–H and O–H groups in total. The fourth-order valence-electron chi connectivity index (χ4n) is 2.97. The monoisotopic (exact) mass is 472 g/mol. The zero-order valence-corrected chi connectivity index (χ0v) is 18.8. The summed E-state index contributed by atoms with van der Waals surface area (Å²) in [7, 11) is -4.10. The summed E-state index contributed by atoms with van der Waals surface area (Å²) in [5, 5.41) is 2.78. The molecule has 7 nitrogen and oxygen atoms in total. The van der Waals surface area contributed by atoms with Crippen LogP contribution in [-0.4, -0.2) is 33.4 Å². The molecule has 0 unspecified atom stereocenters. The van der Waals surface area contributed by atoms with Gasteiger partial charge in [0, 0.05) is 0 Å². The van der Waals surface area contributed by atoms with Gasteiger partial charge in [-0.05, 0) is 43.3 Å². The number of hydrogen-bond donors (Lipinski definition) is 1. The molecular weight excluding hydrogens is 452 g/mol. The van der Waals surface area contributed by atoms with E-state index in [1.807, 2.05) is 0 Å². The summed E-state index contributed by atoms with van der Waals surface area (Å²) in [6, 6.07) is 20.4. The van der Waals surface area contributed by atoms with E-state index in [9.17, 15) is 18.0 Å². The molecule has 9 heteroatoms. The third-order valence-electron chi connectivity index (χ3n) is 4.44. The Morgan fingerprint density at radius 3 is 2.25 bits per heavy atom. The number of halogens is 1. The maximum atomic E-state index is 13.3. The molecule has 0 aliphatic carbocycles. The van der Waals surface area contributed by atoms with Gasteiger partial charge in [-0.25, -0.2) is 13.2 Å². The first-order chi connectivity index (χ1) is 15.3. The maximum absolute atomic E-state index is 13.3. The molecule has 0 saturated heterocycles. The zero-order valence-electron chi connectivity index (χ0n) is 17.2. The minimum Gasteiger partial charge on any atom is -0.462 e. The van der Waals surface area contributed by atoms with Gasteiger partial charge in [0.05, 0.1) is 33.5 Å². The van der Waals surface area contributed by atoms with E-state index in [1.54, 1.807) is 55.5 Å². The van der Waals surface area contributed by atoms with E-state index in [0.717, 1.165) is 4.31 Å². The van der Waals surface area contributed by atoms with Crippen LogP contribution in [0.1, 0.15) is 17.3 Å². The van der Waals surface area contributed by atoms with Gasteiger partial charge in [0.25, 0.3) is 10.0 Å². The van der Waals surface area contributed by atoms with Crippen LogP contribution in [0.5, 0.6) is 0 Å². The molecule has 0 atom stereocenters. The largest absolute Gasteiger partial charge is 0.462 e. The summed E-state index contributed by atoms with van der Waals surface area (Å²) in [5.74, 6) is -1.25. The molecule has 3 aromatic carbocycles. The smallest absolute Gasteiger partial charge is 0.340 e. The van der Waals surface area contributed by atoms with Crippen molar-refractivity contribution in [3.8, 4) is 0 Å². The molecular formula is C23H21ClN2O5S. The predicted octanol–water partition coefficient (Wildman–Crippen LogP) is 4.35. The minimum absolute atomic E-state index is 0.0136. The Morgan fingerprint density at radius 2 is 1.56 bits per heavy atom. The van der Waals surface area contributed by atoms with E-state index >= 15 is 0 Å². The lowest BCUT2D eigenvalue weighted by Crippen LogP contribution is -2.38. The highest BCUT2D eigenvalue weighted by atomic mass is 35.5. The molecule has 32 heavy (non-hydrogen) atoms. The van der Waals surface area contributed by atoms with Crippen LogP contribution >= 0.6 is 11.6 Å². The number of nitrogens with zero attached hydrogens (tertiary/aromatic N) is 1. The topological polar surface area (TPSA) is 92.8 Å². The standard InChI is InChI=1S/C23H21ClN2O5S/c1-2-31-23(28)18-12-6-8-14-20(18)25-22(27)16-26(21-15-9-7-13-19(21)24)32(29,30)17-10-4-3-5-11-17/h3-15H,2,16H2,1H3,(H,25,27). The molecule has 0 aliphatic heterocycles. The third kappa shape index (κ3) is 5.27. The van der Waals surface area contributed by atoms with Crippen LogP contribution in [0.3, 0.4) is 0 Å². The molecule has 0 aromatic heterocycles. The number of para-hydroxylation sites is 2. The van der Waals surface area contributed by atoms with Gasteiger partial charge in [-0.2, -0.15) is 0 Å². The van der Waals surface area contributed by atoms with E-state index in [2.05, 4.69) is 5.32 Å². The van der Waals surface area contributed by atoms with Crippen molar-refractivity contribution in [2.24, 2.45) is 0 Å². The van der Waals surface area contributed by atoms with Crippen molar-refractivity contribution in [2.45, 2.75) is 11.8 Å². The first kappa shape index (κ1) is 23.3. The van der Waals surface area contributed by atoms with Crippen molar-refractivity contribution in [1.29, 1.82) is 0 Å². The number of benzene rings is 3. The predicted molar refractivity (Wildman–Crippen MR) is 123 cm³/mol. The molecule has 3 aromatic rings. The van der Waals surface area contributed by atoms with Crippen LogP contribution in [-0.2, 0) is 19.6 Å². The molecule has 0 saturated carbocycles. The lowest BCUT2D eigenvalue weighted by molar-refractivity contribution is -0.114. The first-order valence-electron chi connectivity index (χ1n) is 9.73. The second-order valence-corrected chi connectivity index (χ2v) is 8.86. The lowest BCUT2D eigenvalue weighted by atomic mass is 10.2. The van der Waals surface area contributed by atoms with Gasteiger partial charge in [-0.1, -0.05) is 54.1 Å². The Bertz CT molecular complexity index is 1220. The summed E-state index contributed by atoms with van der Waals surface area (Å²) in [5.41, 5.74) is 0.539. The fraction of sp³-hybridized carbons (Fsp3) is 0.130. The number of sulfonamides is 1. The number of anilines is 2. The van der Waals surface area contributed by atoms with Crippen molar-refractivity contribution in [2.75, 3.05) is 22.8 Å². The average molecular weight is 473 g/mol. The Morgan fingerprint density at radius 1 is 0.938 bits per heavy atom. The van der Waals surface area contributed by atoms with Gasteiger partial charge in [0.15, 0.2) is 0 Å². The summed E-state index contributed by atoms with van der Waals surface area (Å²) in [6.45, 7) is 1.30. The number of esters is 1. The van der Waals surface area contributed by atoms with Crippen molar-refractivity contribution in [3.05, 3.63) is 89.4 Å². The van der Waals surface area contributed by atoms with E-state index in [0.29, 0.717) is 0 Å². The van der Waals surface area contributed by atoms with Crippen molar-refractivity contribution in [3.63, 3.8) is 0 Å². The number of carbonyl (C=O) groups is 2. The molecule has 0 spiro atoms. The van der Waals surface area contributed by atoms with Gasteiger partial charge in [0.1, 0.15) is 6.54 Å². The molecule has 1 amide bonds. The van der Waals surface area contributed by atoms with Crippen LogP contribution < -0.4 is 9.62 Å². The molecule has 0 fully saturated rings. The molecule has 3 rings (SSSR count). The van der Waals surface area contributed by atoms with Crippen LogP contribution in [0.4, 0.5) is 11.4 Å². The van der Waals surface area contributed by atoms with Gasteiger partial charge < -0.3 is 10.1 Å². The van der Waals surface area contributed by atoms with Crippen molar-refractivity contribution >= 4 is 44.9 Å². The molecule has 0 radical (unpaired) electrons. The van der Waals surface area contributed by atoms with E-state index < -0.39 is 28.4 Å². The highest BCUT2D eigenvalue weighted by Gasteiger charge is 2.29. The normalized spacial score (nSPS) is 10.9. The van der Waals surface area contributed by atoms with E-state index in [1.165, 1.54) is 30.3 Å². The van der Waals surface area contributed by atoms with E-state index in [4.69, 9.17) is 16.3 Å². The van der Waals surface area contributed by atoms with Gasteiger partial charge in [-0.15, -0.1) is 0 Å². The summed E-state index contributed by atoms with van der Waals surface area (Å²) < 4.78 is 32.6. The third-order valence-corrected chi connectivity index (χ3v) is 6.53. The average Bonchev–Trinajstić information content (AvgIpc) is 2.79. The quantitative estimate of drug-likeness (QED) is 0.492. The molecule has 0 bridgehead atoms. The number of hydrogen-bond acceptors (Lipinski definition) is 5. The first-order valence-corrected chi connectivity index (χ1v) is 11.5. The molecule has 0 aliphatic rings. The Balaban J connectivity index is 1.94. The summed E-state index contributed by atoms with van der Waals surface area (Å²) >= 11 is 6.26. The minimum atomic E-state index is -4.10. The summed E-state index contributed by atoms with van der Waals surface area (Å²) in [6.07, 6.45) is 0.